The van der Waals surface area contributed by atoms with Gasteiger partial charge in [-0.25, -0.2) is 0 Å². The number of nitrogens with zero attached hydrogens (tertiary/aromatic N) is 2. The molecule has 1 fully saturated rings. The second-order valence-corrected chi connectivity index (χ2v) is 5.35. The molecule has 0 N–H and O–H groups in total. The predicted octanol–water partition coefficient (Wildman–Crippen LogP) is 3.50. The Balaban J connectivity index is 2.78. The third-order valence-electron chi connectivity index (χ3n) is 4.03. The largest absolute Gasteiger partial charge is 0.342 e. The summed E-state index contributed by atoms with van der Waals surface area (Å²) in [4.78, 5) is 14.5. The van der Waals surface area contributed by atoms with Crippen LogP contribution in [0, 0.1) is 16.7 Å². The van der Waals surface area contributed by atoms with E-state index in [0.717, 1.165) is 64.5 Å². The van der Waals surface area contributed by atoms with Gasteiger partial charge >= 0.3 is 0 Å². The van der Waals surface area contributed by atoms with Crippen LogP contribution in [0.1, 0.15) is 65.2 Å². The van der Waals surface area contributed by atoms with Crippen LogP contribution in [-0.2, 0) is 4.79 Å². The Morgan fingerprint density at radius 1 is 1.22 bits per heavy atom. The fraction of sp³-hybridized carbons (Fsp3) is 0.867. The second kappa shape index (κ2) is 7.41. The minimum Gasteiger partial charge on any atom is -0.342 e. The van der Waals surface area contributed by atoms with E-state index in [0.29, 0.717) is 0 Å². The fourth-order valence-corrected chi connectivity index (χ4v) is 2.76. The molecule has 1 saturated carbocycles. The van der Waals surface area contributed by atoms with Crippen LogP contribution in [-0.4, -0.2) is 23.9 Å². The van der Waals surface area contributed by atoms with Gasteiger partial charge < -0.3 is 4.90 Å². The topological polar surface area (TPSA) is 44.1 Å². The zero-order valence-corrected chi connectivity index (χ0v) is 11.9. The molecule has 0 aliphatic heterocycles. The SMILES string of the molecule is CCCCN(CC)C(=O)C1(C#N)CCCCCC1. The van der Waals surface area contributed by atoms with Gasteiger partial charge in [0.1, 0.15) is 5.41 Å². The van der Waals surface area contributed by atoms with Gasteiger partial charge in [-0.3, -0.25) is 4.79 Å². The molecule has 1 aliphatic carbocycles. The molecule has 0 spiro atoms. The first-order valence-corrected chi connectivity index (χ1v) is 7.41. The van der Waals surface area contributed by atoms with Crippen molar-refractivity contribution in [2.75, 3.05) is 13.1 Å². The molecule has 0 radical (unpaired) electrons. The molecule has 0 saturated heterocycles. The number of carbonyl (C=O) groups is 1. The molecule has 18 heavy (non-hydrogen) atoms. The van der Waals surface area contributed by atoms with E-state index in [2.05, 4.69) is 13.0 Å². The summed E-state index contributed by atoms with van der Waals surface area (Å²) in [6, 6.07) is 2.36. The van der Waals surface area contributed by atoms with Gasteiger partial charge in [-0.1, -0.05) is 39.0 Å². The van der Waals surface area contributed by atoms with Crippen LogP contribution in [0.2, 0.25) is 0 Å². The van der Waals surface area contributed by atoms with Gasteiger partial charge in [-0.15, -0.1) is 0 Å². The van der Waals surface area contributed by atoms with Gasteiger partial charge in [-0.05, 0) is 26.2 Å². The zero-order chi connectivity index (χ0) is 13.4. The number of hydrogen-bond donors (Lipinski definition) is 0. The molecule has 0 aromatic heterocycles. The third kappa shape index (κ3) is 3.48. The molecule has 0 aromatic rings. The Morgan fingerprint density at radius 3 is 2.28 bits per heavy atom. The fourth-order valence-electron chi connectivity index (χ4n) is 2.76. The summed E-state index contributed by atoms with van der Waals surface area (Å²) in [5.74, 6) is 0.0860. The Labute approximate surface area is 111 Å². The summed E-state index contributed by atoms with van der Waals surface area (Å²) in [7, 11) is 0. The maximum absolute atomic E-state index is 12.6. The van der Waals surface area contributed by atoms with Crippen molar-refractivity contribution in [3.05, 3.63) is 0 Å². The highest BCUT2D eigenvalue weighted by molar-refractivity contribution is 5.85. The highest BCUT2D eigenvalue weighted by Gasteiger charge is 2.41. The lowest BCUT2D eigenvalue weighted by Gasteiger charge is -2.31. The smallest absolute Gasteiger partial charge is 0.243 e. The molecule has 1 amide bonds. The summed E-state index contributed by atoms with van der Waals surface area (Å²) in [6.07, 6.45) is 7.99. The van der Waals surface area contributed by atoms with Crippen LogP contribution >= 0.6 is 0 Å². The van der Waals surface area contributed by atoms with Gasteiger partial charge in [-0.2, -0.15) is 5.26 Å². The number of rotatable bonds is 5. The van der Waals surface area contributed by atoms with Crippen LogP contribution in [0.15, 0.2) is 0 Å². The lowest BCUT2D eigenvalue weighted by atomic mass is 9.80. The first-order chi connectivity index (χ1) is 8.70. The molecule has 3 heteroatoms. The first kappa shape index (κ1) is 15.0. The Morgan fingerprint density at radius 2 is 1.83 bits per heavy atom. The van der Waals surface area contributed by atoms with E-state index in [-0.39, 0.29) is 5.91 Å². The summed E-state index contributed by atoms with van der Waals surface area (Å²) in [5, 5.41) is 9.51. The molecule has 0 aromatic carbocycles. The van der Waals surface area contributed by atoms with Crippen molar-refractivity contribution >= 4 is 5.91 Å². The van der Waals surface area contributed by atoms with E-state index in [9.17, 15) is 10.1 Å². The Bertz CT molecular complexity index is 298. The lowest BCUT2D eigenvalue weighted by Crippen LogP contribution is -2.43. The maximum atomic E-state index is 12.6. The Hall–Kier alpha value is -1.04. The van der Waals surface area contributed by atoms with Gasteiger partial charge in [0.2, 0.25) is 5.91 Å². The Kier molecular flexibility index (Phi) is 6.18. The van der Waals surface area contributed by atoms with Crippen molar-refractivity contribution < 1.29 is 4.79 Å². The average molecular weight is 250 g/mol. The number of hydrogen-bond acceptors (Lipinski definition) is 2. The van der Waals surface area contributed by atoms with Crippen LogP contribution in [0.3, 0.4) is 0 Å². The zero-order valence-electron chi connectivity index (χ0n) is 11.9. The van der Waals surface area contributed by atoms with Gasteiger partial charge in [0.15, 0.2) is 0 Å². The standard InChI is InChI=1S/C15H26N2O/c1-3-5-12-17(4-2)14(18)15(13-16)10-8-6-7-9-11-15/h3-12H2,1-2H3. The van der Waals surface area contributed by atoms with Gasteiger partial charge in [0.25, 0.3) is 0 Å². The molecule has 0 heterocycles. The highest BCUT2D eigenvalue weighted by atomic mass is 16.2. The quantitative estimate of drug-likeness (QED) is 0.701. The molecule has 0 bridgehead atoms. The summed E-state index contributed by atoms with van der Waals surface area (Å²) in [6.45, 7) is 5.66. The maximum Gasteiger partial charge on any atom is 0.243 e. The summed E-state index contributed by atoms with van der Waals surface area (Å²) < 4.78 is 0. The molecular weight excluding hydrogens is 224 g/mol. The molecule has 0 unspecified atom stereocenters. The van der Waals surface area contributed by atoms with Crippen LogP contribution in [0.25, 0.3) is 0 Å². The minimum absolute atomic E-state index is 0.0860. The van der Waals surface area contributed by atoms with Crippen molar-refractivity contribution in [2.24, 2.45) is 5.41 Å². The summed E-state index contributed by atoms with van der Waals surface area (Å²) in [5.41, 5.74) is -0.722. The van der Waals surface area contributed by atoms with Crippen molar-refractivity contribution in [1.82, 2.24) is 4.90 Å². The van der Waals surface area contributed by atoms with E-state index in [1.807, 2.05) is 11.8 Å². The number of amides is 1. The predicted molar refractivity (Wildman–Crippen MR) is 72.9 cm³/mol. The van der Waals surface area contributed by atoms with Crippen molar-refractivity contribution in [3.63, 3.8) is 0 Å². The van der Waals surface area contributed by atoms with E-state index < -0.39 is 5.41 Å². The third-order valence-corrected chi connectivity index (χ3v) is 4.03. The average Bonchev–Trinajstić information content (AvgIpc) is 2.65. The minimum atomic E-state index is -0.722. The lowest BCUT2D eigenvalue weighted by molar-refractivity contribution is -0.139. The molecular formula is C15H26N2O. The number of nitriles is 1. The van der Waals surface area contributed by atoms with E-state index in [4.69, 9.17) is 0 Å². The van der Waals surface area contributed by atoms with E-state index in [1.165, 1.54) is 0 Å². The van der Waals surface area contributed by atoms with E-state index >= 15 is 0 Å². The highest BCUT2D eigenvalue weighted by Crippen LogP contribution is 2.36. The van der Waals surface area contributed by atoms with Gasteiger partial charge in [0.05, 0.1) is 6.07 Å². The molecule has 1 aliphatic rings. The van der Waals surface area contributed by atoms with Crippen molar-refractivity contribution in [2.45, 2.75) is 65.2 Å². The molecule has 3 nitrogen and oxygen atoms in total. The molecule has 102 valence electrons. The van der Waals surface area contributed by atoms with Crippen molar-refractivity contribution in [1.29, 1.82) is 5.26 Å². The van der Waals surface area contributed by atoms with Gasteiger partial charge in [0, 0.05) is 13.1 Å². The molecule has 0 atom stereocenters. The molecule has 1 rings (SSSR count). The normalized spacial score (nSPS) is 18.7. The van der Waals surface area contributed by atoms with Crippen molar-refractivity contribution in [3.8, 4) is 6.07 Å². The number of carbonyl (C=O) groups excluding carboxylic acids is 1. The van der Waals surface area contributed by atoms with Crippen LogP contribution < -0.4 is 0 Å². The number of unbranched alkanes of at least 4 members (excludes halogenated alkanes) is 1. The van der Waals surface area contributed by atoms with E-state index in [1.54, 1.807) is 0 Å². The van der Waals surface area contributed by atoms with Crippen LogP contribution in [0.4, 0.5) is 0 Å². The monoisotopic (exact) mass is 250 g/mol. The second-order valence-electron chi connectivity index (χ2n) is 5.35. The first-order valence-electron chi connectivity index (χ1n) is 7.41. The summed E-state index contributed by atoms with van der Waals surface area (Å²) >= 11 is 0. The van der Waals surface area contributed by atoms with Crippen LogP contribution in [0.5, 0.6) is 0 Å².